The Kier molecular flexibility index (Phi) is 7.51. The lowest BCUT2D eigenvalue weighted by Crippen LogP contribution is -2.35. The Morgan fingerprint density at radius 3 is 2.62 bits per heavy atom. The maximum absolute atomic E-state index is 12.0. The first kappa shape index (κ1) is 22.4. The minimum atomic E-state index is -3.34. The Morgan fingerprint density at radius 1 is 1.21 bits per heavy atom. The predicted octanol–water partition coefficient (Wildman–Crippen LogP) is 5.30. The second-order valence-corrected chi connectivity index (χ2v) is 10.4. The van der Waals surface area contributed by atoms with Gasteiger partial charge in [-0.3, -0.25) is 4.72 Å². The van der Waals surface area contributed by atoms with Crippen molar-refractivity contribution in [2.45, 2.75) is 41.6 Å². The molecule has 1 aliphatic rings. The van der Waals surface area contributed by atoms with Gasteiger partial charge in [0, 0.05) is 43.0 Å². The first-order valence-corrected chi connectivity index (χ1v) is 12.4. The van der Waals surface area contributed by atoms with Crippen LogP contribution in [0.25, 0.3) is 0 Å². The lowest BCUT2D eigenvalue weighted by molar-refractivity contribution is -0.0948. The number of hydrogen-bond donors (Lipinski definition) is 1. The number of nitrogens with one attached hydrogen (secondary N) is 1. The maximum atomic E-state index is 12.0. The van der Waals surface area contributed by atoms with Crippen LogP contribution in [-0.2, 0) is 25.1 Å². The van der Waals surface area contributed by atoms with Crippen molar-refractivity contribution in [3.63, 3.8) is 0 Å². The number of methoxy groups -OCH3 is 1. The summed E-state index contributed by atoms with van der Waals surface area (Å²) in [5, 5.41) is 0.504. The zero-order valence-corrected chi connectivity index (χ0v) is 19.0. The van der Waals surface area contributed by atoms with Crippen molar-refractivity contribution in [3.8, 4) is 0 Å². The Balaban J connectivity index is 1.78. The highest BCUT2D eigenvalue weighted by molar-refractivity contribution is 7.99. The number of halogens is 1. The number of rotatable bonds is 8. The lowest BCUT2D eigenvalue weighted by Gasteiger charge is -2.36. The molecule has 0 amide bonds. The van der Waals surface area contributed by atoms with E-state index in [0.29, 0.717) is 30.3 Å². The Morgan fingerprint density at radius 2 is 1.97 bits per heavy atom. The number of hydrogen-bond acceptors (Lipinski definition) is 5. The maximum Gasteiger partial charge on any atom is 0.232 e. The van der Waals surface area contributed by atoms with E-state index in [4.69, 9.17) is 21.1 Å². The summed E-state index contributed by atoms with van der Waals surface area (Å²) in [6.07, 6.45) is 2.21. The second kappa shape index (κ2) is 9.71. The van der Waals surface area contributed by atoms with Crippen LogP contribution in [0.2, 0.25) is 5.02 Å². The smallest absolute Gasteiger partial charge is 0.232 e. The van der Waals surface area contributed by atoms with Crippen molar-refractivity contribution < 1.29 is 17.9 Å². The molecule has 0 atom stereocenters. The average molecular weight is 456 g/mol. The van der Waals surface area contributed by atoms with E-state index < -0.39 is 10.0 Å². The molecule has 0 bridgehead atoms. The third kappa shape index (κ3) is 5.67. The van der Waals surface area contributed by atoms with Gasteiger partial charge in [0.2, 0.25) is 10.0 Å². The summed E-state index contributed by atoms with van der Waals surface area (Å²) in [6.45, 7) is 3.20. The standard InChI is InChI=1S/C21H26ClNO4S2/c1-3-13-29(24,25)23-17-7-8-20(19(22)15-17)28-18-6-4-5-16(14-18)21(26-2)9-11-27-12-10-21/h4-8,14-15,23H,3,9-13H2,1-2H3. The molecule has 5 nitrogen and oxygen atoms in total. The van der Waals surface area contributed by atoms with Gasteiger partial charge in [-0.2, -0.15) is 0 Å². The molecule has 158 valence electrons. The first-order valence-electron chi connectivity index (χ1n) is 9.59. The van der Waals surface area contributed by atoms with Gasteiger partial charge >= 0.3 is 0 Å². The molecule has 0 aliphatic carbocycles. The van der Waals surface area contributed by atoms with Crippen LogP contribution in [0.15, 0.2) is 52.3 Å². The van der Waals surface area contributed by atoms with Crippen LogP contribution in [0.4, 0.5) is 5.69 Å². The largest absolute Gasteiger partial charge is 0.381 e. The van der Waals surface area contributed by atoms with E-state index in [9.17, 15) is 8.42 Å². The molecule has 1 aliphatic heterocycles. The van der Waals surface area contributed by atoms with E-state index in [1.807, 2.05) is 25.1 Å². The van der Waals surface area contributed by atoms with Crippen LogP contribution in [-0.4, -0.2) is 34.5 Å². The summed E-state index contributed by atoms with van der Waals surface area (Å²) in [5.74, 6) is 0.0835. The zero-order chi connectivity index (χ0) is 20.9. The molecule has 1 N–H and O–H groups in total. The summed E-state index contributed by atoms with van der Waals surface area (Å²) in [4.78, 5) is 1.91. The van der Waals surface area contributed by atoms with Crippen molar-refractivity contribution in [1.29, 1.82) is 0 Å². The van der Waals surface area contributed by atoms with Gasteiger partial charge in [-0.15, -0.1) is 0 Å². The van der Waals surface area contributed by atoms with E-state index in [-0.39, 0.29) is 11.4 Å². The summed E-state index contributed by atoms with van der Waals surface area (Å²) in [5.41, 5.74) is 1.29. The minimum Gasteiger partial charge on any atom is -0.381 e. The quantitative estimate of drug-likeness (QED) is 0.585. The highest BCUT2D eigenvalue weighted by atomic mass is 35.5. The molecular formula is C21H26ClNO4S2. The van der Waals surface area contributed by atoms with Crippen LogP contribution in [0.1, 0.15) is 31.7 Å². The molecule has 1 heterocycles. The fourth-order valence-corrected chi connectivity index (χ4v) is 5.73. The molecule has 0 aromatic heterocycles. The summed E-state index contributed by atoms with van der Waals surface area (Å²) in [7, 11) is -1.59. The van der Waals surface area contributed by atoms with Crippen molar-refractivity contribution in [1.82, 2.24) is 0 Å². The molecule has 2 aromatic rings. The monoisotopic (exact) mass is 455 g/mol. The van der Waals surface area contributed by atoms with Crippen molar-refractivity contribution in [3.05, 3.63) is 53.1 Å². The van der Waals surface area contributed by atoms with Gasteiger partial charge in [0.05, 0.1) is 22.1 Å². The van der Waals surface area contributed by atoms with Gasteiger partial charge in [-0.05, 0) is 42.3 Å². The van der Waals surface area contributed by atoms with E-state index in [1.165, 1.54) is 0 Å². The van der Waals surface area contributed by atoms with Gasteiger partial charge in [0.15, 0.2) is 0 Å². The van der Waals surface area contributed by atoms with E-state index in [0.717, 1.165) is 28.2 Å². The van der Waals surface area contributed by atoms with E-state index in [2.05, 4.69) is 16.9 Å². The van der Waals surface area contributed by atoms with Gasteiger partial charge < -0.3 is 9.47 Å². The van der Waals surface area contributed by atoms with Crippen LogP contribution in [0.5, 0.6) is 0 Å². The van der Waals surface area contributed by atoms with Crippen LogP contribution >= 0.6 is 23.4 Å². The van der Waals surface area contributed by atoms with Crippen molar-refractivity contribution in [2.24, 2.45) is 0 Å². The molecule has 8 heteroatoms. The van der Waals surface area contributed by atoms with Gasteiger partial charge in [0.25, 0.3) is 0 Å². The van der Waals surface area contributed by atoms with Crippen molar-refractivity contribution >= 4 is 39.1 Å². The third-order valence-corrected chi connectivity index (χ3v) is 7.94. The lowest BCUT2D eigenvalue weighted by atomic mass is 9.86. The first-order chi connectivity index (χ1) is 13.9. The fraction of sp³-hybridized carbons (Fsp3) is 0.429. The minimum absolute atomic E-state index is 0.0835. The Hall–Kier alpha value is -1.25. The fourth-order valence-electron chi connectivity index (χ4n) is 3.43. The molecule has 3 rings (SSSR count). The second-order valence-electron chi connectivity index (χ2n) is 7.01. The molecule has 0 spiro atoms. The van der Waals surface area contributed by atoms with Crippen molar-refractivity contribution in [2.75, 3.05) is 30.8 Å². The van der Waals surface area contributed by atoms with E-state index in [1.54, 1.807) is 31.0 Å². The third-order valence-electron chi connectivity index (χ3n) is 4.96. The van der Waals surface area contributed by atoms with Crippen LogP contribution < -0.4 is 4.72 Å². The number of ether oxygens (including phenoxy) is 2. The predicted molar refractivity (Wildman–Crippen MR) is 118 cm³/mol. The van der Waals surface area contributed by atoms with E-state index >= 15 is 0 Å². The summed E-state index contributed by atoms with van der Waals surface area (Å²) >= 11 is 7.97. The molecule has 29 heavy (non-hydrogen) atoms. The average Bonchev–Trinajstić information content (AvgIpc) is 2.70. The normalized spacial score (nSPS) is 16.5. The summed E-state index contributed by atoms with van der Waals surface area (Å²) < 4.78 is 37.9. The van der Waals surface area contributed by atoms with Crippen LogP contribution in [0, 0.1) is 0 Å². The van der Waals surface area contributed by atoms with Gasteiger partial charge in [-0.1, -0.05) is 42.4 Å². The molecule has 1 saturated heterocycles. The molecule has 0 radical (unpaired) electrons. The highest BCUT2D eigenvalue weighted by Crippen LogP contribution is 2.40. The highest BCUT2D eigenvalue weighted by Gasteiger charge is 2.34. The molecule has 1 fully saturated rings. The van der Waals surface area contributed by atoms with Gasteiger partial charge in [-0.25, -0.2) is 8.42 Å². The number of anilines is 1. The molecule has 0 unspecified atom stereocenters. The molecular weight excluding hydrogens is 430 g/mol. The number of benzene rings is 2. The molecule has 0 saturated carbocycles. The number of sulfonamides is 1. The summed E-state index contributed by atoms with van der Waals surface area (Å²) in [6, 6.07) is 13.5. The molecule has 2 aromatic carbocycles. The SMILES string of the molecule is CCCS(=O)(=O)Nc1ccc(Sc2cccc(C3(OC)CCOCC3)c2)c(Cl)c1. The van der Waals surface area contributed by atoms with Gasteiger partial charge in [0.1, 0.15) is 0 Å². The topological polar surface area (TPSA) is 64.6 Å². The Labute approximate surface area is 182 Å². The Bertz CT molecular complexity index is 943. The zero-order valence-electron chi connectivity index (χ0n) is 16.6. The van der Waals surface area contributed by atoms with Crippen LogP contribution in [0.3, 0.4) is 0 Å².